The fourth-order valence-corrected chi connectivity index (χ4v) is 1.22. The molecule has 0 saturated heterocycles. The van der Waals surface area contributed by atoms with Crippen molar-refractivity contribution in [1.29, 1.82) is 0 Å². The van der Waals surface area contributed by atoms with Gasteiger partial charge in [-0.25, -0.2) is 0 Å². The highest BCUT2D eigenvalue weighted by molar-refractivity contribution is 6.13. The van der Waals surface area contributed by atoms with Gasteiger partial charge in [0.05, 0.1) is 11.4 Å². The van der Waals surface area contributed by atoms with E-state index in [1.807, 2.05) is 22.8 Å². The van der Waals surface area contributed by atoms with Crippen LogP contribution in [0.2, 0.25) is 0 Å². The van der Waals surface area contributed by atoms with Gasteiger partial charge in [0.15, 0.2) is 0 Å². The molecule has 6 N–H and O–H groups in total. The van der Waals surface area contributed by atoms with Gasteiger partial charge < -0.3 is 11.5 Å². The second-order valence-electron chi connectivity index (χ2n) is 4.00. The third-order valence-corrected chi connectivity index (χ3v) is 2.26. The smallest absolute Gasteiger partial charge is 0.250 e. The number of hydrogen-bond donors (Lipinski definition) is 4. The molecule has 2 aliphatic rings. The van der Waals surface area contributed by atoms with Gasteiger partial charge in [-0.1, -0.05) is 12.1 Å². The Kier molecular flexibility index (Phi) is 6.05. The van der Waals surface area contributed by atoms with Crippen molar-refractivity contribution in [2.24, 2.45) is 0 Å². The molecule has 114 valence electrons. The minimum absolute atomic E-state index is 0.329. The summed E-state index contributed by atoms with van der Waals surface area (Å²) in [4.78, 5) is 40.1. The number of nitrogens with two attached hydrogens (primary N) is 2. The van der Waals surface area contributed by atoms with Crippen molar-refractivity contribution in [3.05, 3.63) is 48.6 Å². The van der Waals surface area contributed by atoms with E-state index < -0.39 is 0 Å². The first kappa shape index (κ1) is 16.6. The maximum atomic E-state index is 10.0. The quantitative estimate of drug-likeness (QED) is 0.366. The van der Waals surface area contributed by atoms with E-state index in [0.29, 0.717) is 11.4 Å². The molecule has 0 fully saturated rings. The number of benzene rings is 1. The lowest BCUT2D eigenvalue weighted by Crippen LogP contribution is -2.19. The maximum absolute atomic E-state index is 10.0. The summed E-state index contributed by atoms with van der Waals surface area (Å²) < 4.78 is 0. The summed E-state index contributed by atoms with van der Waals surface area (Å²) in [6, 6.07) is 7.25. The highest BCUT2D eigenvalue weighted by Gasteiger charge is 2.07. The minimum atomic E-state index is -0.329. The zero-order valence-electron chi connectivity index (χ0n) is 11.4. The van der Waals surface area contributed by atoms with Crippen LogP contribution in [0.5, 0.6) is 0 Å². The average Bonchev–Trinajstić information content (AvgIpc) is 3.02. The van der Waals surface area contributed by atoms with Crippen LogP contribution >= 0.6 is 0 Å². The molecule has 0 bridgehead atoms. The molecule has 0 aliphatic carbocycles. The number of nitrogen functional groups attached to an aromatic ring is 2. The Bertz CT molecular complexity index is 576. The van der Waals surface area contributed by atoms with E-state index in [2.05, 4.69) is 0 Å². The third kappa shape index (κ3) is 6.15. The van der Waals surface area contributed by atoms with E-state index in [1.54, 1.807) is 12.1 Å². The van der Waals surface area contributed by atoms with Crippen molar-refractivity contribution in [3.63, 3.8) is 0 Å². The van der Waals surface area contributed by atoms with E-state index in [-0.39, 0.29) is 23.6 Å². The molecule has 0 unspecified atom stereocenters. The summed E-state index contributed by atoms with van der Waals surface area (Å²) in [6.07, 6.45) is 4.79. The van der Waals surface area contributed by atoms with Gasteiger partial charge in [0.2, 0.25) is 0 Å². The van der Waals surface area contributed by atoms with Gasteiger partial charge in [0, 0.05) is 24.3 Å². The van der Waals surface area contributed by atoms with Gasteiger partial charge >= 0.3 is 0 Å². The lowest BCUT2D eigenvalue weighted by Gasteiger charge is -1.94. The topological polar surface area (TPSA) is 144 Å². The second kappa shape index (κ2) is 8.00. The molecule has 8 heteroatoms. The number of amides is 4. The number of imide groups is 2. The summed E-state index contributed by atoms with van der Waals surface area (Å²) in [5.41, 5.74) is 12.1. The Hall–Kier alpha value is -3.42. The zero-order valence-corrected chi connectivity index (χ0v) is 11.4. The molecule has 4 amide bonds. The molecule has 8 nitrogen and oxygen atoms in total. The molecule has 2 aliphatic heterocycles. The van der Waals surface area contributed by atoms with Gasteiger partial charge in [0.25, 0.3) is 23.6 Å². The predicted molar refractivity (Wildman–Crippen MR) is 79.8 cm³/mol. The summed E-state index contributed by atoms with van der Waals surface area (Å²) in [7, 11) is 0. The van der Waals surface area contributed by atoms with Crippen LogP contribution in [-0.4, -0.2) is 23.6 Å². The molecule has 1 aromatic rings. The molecule has 0 aromatic heterocycles. The van der Waals surface area contributed by atoms with E-state index in [4.69, 9.17) is 11.5 Å². The lowest BCUT2D eigenvalue weighted by atomic mass is 10.3. The molecule has 22 heavy (non-hydrogen) atoms. The van der Waals surface area contributed by atoms with Crippen molar-refractivity contribution in [2.75, 3.05) is 11.5 Å². The number of hydrogen-bond acceptors (Lipinski definition) is 6. The van der Waals surface area contributed by atoms with Crippen molar-refractivity contribution in [2.45, 2.75) is 0 Å². The maximum Gasteiger partial charge on any atom is 0.250 e. The molecule has 1 aromatic carbocycles. The van der Waals surface area contributed by atoms with Crippen molar-refractivity contribution >= 4 is 35.0 Å². The fraction of sp³-hybridized carbons (Fsp3) is 0. The summed E-state index contributed by atoms with van der Waals surface area (Å²) >= 11 is 0. The highest BCUT2D eigenvalue weighted by atomic mass is 16.2. The average molecular weight is 302 g/mol. The monoisotopic (exact) mass is 302 g/mol. The first-order valence-electron chi connectivity index (χ1n) is 6.04. The Morgan fingerprint density at radius 3 is 1.00 bits per heavy atom. The number of carbonyl (C=O) groups is 4. The largest absolute Gasteiger partial charge is 0.397 e. The van der Waals surface area contributed by atoms with Gasteiger partial charge in [-0.3, -0.25) is 29.8 Å². The molecule has 2 heterocycles. The van der Waals surface area contributed by atoms with Crippen LogP contribution in [0.15, 0.2) is 48.6 Å². The Morgan fingerprint density at radius 1 is 0.591 bits per heavy atom. The van der Waals surface area contributed by atoms with Gasteiger partial charge in [-0.2, -0.15) is 0 Å². The van der Waals surface area contributed by atoms with E-state index in [1.165, 1.54) is 24.3 Å². The number of anilines is 2. The molecule has 3 rings (SSSR count). The molecular formula is C14H14N4O4. The van der Waals surface area contributed by atoms with Crippen LogP contribution in [0.4, 0.5) is 11.4 Å². The molecule has 0 radical (unpaired) electrons. The van der Waals surface area contributed by atoms with Crippen molar-refractivity contribution in [3.8, 4) is 0 Å². The second-order valence-corrected chi connectivity index (χ2v) is 4.00. The van der Waals surface area contributed by atoms with Gasteiger partial charge in [0.1, 0.15) is 0 Å². The number of rotatable bonds is 0. The van der Waals surface area contributed by atoms with E-state index in [9.17, 15) is 19.2 Å². The Labute approximate surface area is 125 Å². The standard InChI is InChI=1S/C6H8N2.2C4H3NO2/c7-5-3-1-2-4-6(5)8;2*6-3-1-2-4(7)5-3/h1-4H,7-8H2;2*1-2H,(H,5,6,7). The van der Waals surface area contributed by atoms with Crippen LogP contribution in [0, 0.1) is 0 Å². The summed E-state index contributed by atoms with van der Waals surface area (Å²) in [5.74, 6) is -1.31. The molecule has 0 spiro atoms. The van der Waals surface area contributed by atoms with Crippen LogP contribution < -0.4 is 22.1 Å². The fourth-order valence-electron chi connectivity index (χ4n) is 1.22. The molecule has 0 saturated carbocycles. The Morgan fingerprint density at radius 2 is 0.864 bits per heavy atom. The van der Waals surface area contributed by atoms with E-state index >= 15 is 0 Å². The number of nitrogens with one attached hydrogen (secondary N) is 2. The lowest BCUT2D eigenvalue weighted by molar-refractivity contribution is -0.125. The highest BCUT2D eigenvalue weighted by Crippen LogP contribution is 2.10. The summed E-state index contributed by atoms with van der Waals surface area (Å²) in [5, 5.41) is 4.06. The van der Waals surface area contributed by atoms with Crippen molar-refractivity contribution < 1.29 is 19.2 Å². The van der Waals surface area contributed by atoms with Crippen molar-refractivity contribution in [1.82, 2.24) is 10.6 Å². The molecule has 0 atom stereocenters. The molecular weight excluding hydrogens is 288 g/mol. The SMILES string of the molecule is Nc1ccccc1N.O=C1C=CC(=O)N1.O=C1C=CC(=O)N1. The zero-order chi connectivity index (χ0) is 16.5. The number of carbonyl (C=O) groups excluding carboxylic acids is 4. The van der Waals surface area contributed by atoms with Gasteiger partial charge in [-0.15, -0.1) is 0 Å². The van der Waals surface area contributed by atoms with Crippen LogP contribution in [0.1, 0.15) is 0 Å². The normalized spacial score (nSPS) is 14.5. The third-order valence-electron chi connectivity index (χ3n) is 2.26. The van der Waals surface area contributed by atoms with Crippen LogP contribution in [0.25, 0.3) is 0 Å². The first-order valence-corrected chi connectivity index (χ1v) is 6.04. The van der Waals surface area contributed by atoms with Crippen LogP contribution in [0.3, 0.4) is 0 Å². The summed E-state index contributed by atoms with van der Waals surface area (Å²) in [6.45, 7) is 0. The van der Waals surface area contributed by atoms with E-state index in [0.717, 1.165) is 0 Å². The Balaban J connectivity index is 0.000000166. The van der Waals surface area contributed by atoms with Gasteiger partial charge in [-0.05, 0) is 12.1 Å². The predicted octanol–water partition coefficient (Wildman–Crippen LogP) is -0.751. The number of para-hydroxylation sites is 2. The van der Waals surface area contributed by atoms with Crippen LogP contribution in [-0.2, 0) is 19.2 Å². The minimum Gasteiger partial charge on any atom is -0.397 e. The first-order chi connectivity index (χ1) is 10.4.